The molecule has 0 fully saturated rings. The van der Waals surface area contributed by atoms with Crippen molar-refractivity contribution in [2.45, 2.75) is 20.3 Å². The van der Waals surface area contributed by atoms with Crippen LogP contribution in [-0.4, -0.2) is 12.5 Å². The summed E-state index contributed by atoms with van der Waals surface area (Å²) < 4.78 is 0. The molecule has 2 nitrogen and oxygen atoms in total. The van der Waals surface area contributed by atoms with Crippen LogP contribution in [0.4, 0.5) is 0 Å². The number of rotatable bonds is 3. The van der Waals surface area contributed by atoms with E-state index in [9.17, 15) is 4.79 Å². The molecule has 0 aromatic heterocycles. The number of halogens is 1. The smallest absolute Gasteiger partial charge is 0.251 e. The molecule has 0 bridgehead atoms. The largest absolute Gasteiger partial charge is 0.352 e. The van der Waals surface area contributed by atoms with Gasteiger partial charge in [-0.2, -0.15) is 0 Å². The van der Waals surface area contributed by atoms with Crippen LogP contribution < -0.4 is 5.32 Å². The fraction of sp³-hybridized carbons (Fsp3) is 0.364. The molecule has 1 aromatic carbocycles. The SMILES string of the molecule is CCCNC(=O)c1ccc(Cl)c(C)c1. The maximum atomic E-state index is 11.5. The van der Waals surface area contributed by atoms with Gasteiger partial charge < -0.3 is 5.32 Å². The van der Waals surface area contributed by atoms with Crippen molar-refractivity contribution in [3.8, 4) is 0 Å². The maximum absolute atomic E-state index is 11.5. The Morgan fingerprint density at radius 1 is 1.50 bits per heavy atom. The van der Waals surface area contributed by atoms with Crippen LogP contribution in [0.5, 0.6) is 0 Å². The lowest BCUT2D eigenvalue weighted by molar-refractivity contribution is 0.0953. The van der Waals surface area contributed by atoms with Crippen LogP contribution in [0.3, 0.4) is 0 Å². The summed E-state index contributed by atoms with van der Waals surface area (Å²) in [6.07, 6.45) is 0.943. The predicted octanol–water partition coefficient (Wildman–Crippen LogP) is 2.79. The van der Waals surface area contributed by atoms with Gasteiger partial charge in [-0.3, -0.25) is 4.79 Å². The number of carbonyl (C=O) groups is 1. The zero-order chi connectivity index (χ0) is 10.6. The highest BCUT2D eigenvalue weighted by Gasteiger charge is 2.05. The van der Waals surface area contributed by atoms with E-state index in [4.69, 9.17) is 11.6 Å². The summed E-state index contributed by atoms with van der Waals surface area (Å²) in [5.74, 6) is -0.0355. The number of benzene rings is 1. The summed E-state index contributed by atoms with van der Waals surface area (Å²) in [5.41, 5.74) is 1.59. The van der Waals surface area contributed by atoms with Gasteiger partial charge in [0.2, 0.25) is 0 Å². The van der Waals surface area contributed by atoms with Gasteiger partial charge in [0.1, 0.15) is 0 Å². The molecule has 1 rings (SSSR count). The Labute approximate surface area is 89.3 Å². The van der Waals surface area contributed by atoms with Crippen molar-refractivity contribution in [3.05, 3.63) is 34.3 Å². The molecule has 1 N–H and O–H groups in total. The summed E-state index contributed by atoms with van der Waals surface area (Å²) in [6, 6.07) is 5.28. The molecule has 76 valence electrons. The second kappa shape index (κ2) is 5.01. The van der Waals surface area contributed by atoms with E-state index in [0.717, 1.165) is 12.0 Å². The number of carbonyl (C=O) groups excluding carboxylic acids is 1. The van der Waals surface area contributed by atoms with E-state index in [0.29, 0.717) is 17.1 Å². The second-order valence-electron chi connectivity index (χ2n) is 3.22. The number of hydrogen-bond acceptors (Lipinski definition) is 1. The van der Waals surface area contributed by atoms with Crippen LogP contribution >= 0.6 is 11.6 Å². The van der Waals surface area contributed by atoms with Gasteiger partial charge in [0, 0.05) is 17.1 Å². The number of amides is 1. The van der Waals surface area contributed by atoms with Crippen molar-refractivity contribution in [1.82, 2.24) is 5.32 Å². The van der Waals surface area contributed by atoms with Gasteiger partial charge in [0.25, 0.3) is 5.91 Å². The molecular formula is C11H14ClNO. The average Bonchev–Trinajstić information content (AvgIpc) is 2.18. The third-order valence-electron chi connectivity index (χ3n) is 1.96. The Bertz CT molecular complexity index is 336. The molecule has 3 heteroatoms. The Kier molecular flexibility index (Phi) is 3.96. The van der Waals surface area contributed by atoms with Crippen molar-refractivity contribution in [1.29, 1.82) is 0 Å². The summed E-state index contributed by atoms with van der Waals surface area (Å²) in [7, 11) is 0. The number of hydrogen-bond donors (Lipinski definition) is 1. The first-order chi connectivity index (χ1) is 6.65. The Morgan fingerprint density at radius 2 is 2.21 bits per heavy atom. The first-order valence-corrected chi connectivity index (χ1v) is 5.07. The minimum absolute atomic E-state index is 0.0355. The minimum atomic E-state index is -0.0355. The normalized spacial score (nSPS) is 9.93. The molecule has 0 atom stereocenters. The van der Waals surface area contributed by atoms with Gasteiger partial charge >= 0.3 is 0 Å². The highest BCUT2D eigenvalue weighted by molar-refractivity contribution is 6.31. The van der Waals surface area contributed by atoms with Crippen molar-refractivity contribution in [2.24, 2.45) is 0 Å². The second-order valence-corrected chi connectivity index (χ2v) is 3.63. The van der Waals surface area contributed by atoms with E-state index in [1.807, 2.05) is 13.8 Å². The summed E-state index contributed by atoms with van der Waals surface area (Å²) in [4.78, 5) is 11.5. The summed E-state index contributed by atoms with van der Waals surface area (Å²) in [6.45, 7) is 4.62. The lowest BCUT2D eigenvalue weighted by Crippen LogP contribution is -2.23. The Morgan fingerprint density at radius 3 is 2.79 bits per heavy atom. The molecule has 0 aliphatic heterocycles. The van der Waals surface area contributed by atoms with Crippen LogP contribution in [-0.2, 0) is 0 Å². The molecule has 1 amide bonds. The van der Waals surface area contributed by atoms with Crippen molar-refractivity contribution < 1.29 is 4.79 Å². The number of aryl methyl sites for hydroxylation is 1. The van der Waals surface area contributed by atoms with Crippen LogP contribution in [0.25, 0.3) is 0 Å². The molecule has 0 aliphatic carbocycles. The highest BCUT2D eigenvalue weighted by Crippen LogP contribution is 2.15. The summed E-state index contributed by atoms with van der Waals surface area (Å²) >= 11 is 5.86. The third-order valence-corrected chi connectivity index (χ3v) is 2.38. The molecule has 1 aromatic rings. The first-order valence-electron chi connectivity index (χ1n) is 4.69. The molecule has 0 spiro atoms. The van der Waals surface area contributed by atoms with Gasteiger partial charge in [-0.25, -0.2) is 0 Å². The highest BCUT2D eigenvalue weighted by atomic mass is 35.5. The zero-order valence-corrected chi connectivity index (χ0v) is 9.19. The van der Waals surface area contributed by atoms with Gasteiger partial charge in [-0.1, -0.05) is 18.5 Å². The van der Waals surface area contributed by atoms with Crippen LogP contribution in [0.1, 0.15) is 29.3 Å². The van der Waals surface area contributed by atoms with Crippen molar-refractivity contribution >= 4 is 17.5 Å². The molecule has 0 saturated heterocycles. The van der Waals surface area contributed by atoms with E-state index in [1.54, 1.807) is 18.2 Å². The molecule has 0 unspecified atom stereocenters. The quantitative estimate of drug-likeness (QED) is 0.819. The van der Waals surface area contributed by atoms with Crippen LogP contribution in [0, 0.1) is 6.92 Å². The molecule has 0 saturated carbocycles. The van der Waals surface area contributed by atoms with Gasteiger partial charge in [-0.15, -0.1) is 0 Å². The first kappa shape index (κ1) is 11.1. The van der Waals surface area contributed by atoms with Gasteiger partial charge in [-0.05, 0) is 37.1 Å². The molecular weight excluding hydrogens is 198 g/mol. The fourth-order valence-corrected chi connectivity index (χ4v) is 1.24. The summed E-state index contributed by atoms with van der Waals surface area (Å²) in [5, 5.41) is 3.50. The average molecular weight is 212 g/mol. The van der Waals surface area contributed by atoms with E-state index in [-0.39, 0.29) is 5.91 Å². The predicted molar refractivity (Wildman–Crippen MR) is 58.8 cm³/mol. The van der Waals surface area contributed by atoms with Gasteiger partial charge in [0.15, 0.2) is 0 Å². The van der Waals surface area contributed by atoms with E-state index in [1.165, 1.54) is 0 Å². The van der Waals surface area contributed by atoms with E-state index in [2.05, 4.69) is 5.32 Å². The Hall–Kier alpha value is -1.02. The lowest BCUT2D eigenvalue weighted by atomic mass is 10.1. The lowest BCUT2D eigenvalue weighted by Gasteiger charge is -2.04. The zero-order valence-electron chi connectivity index (χ0n) is 8.43. The fourth-order valence-electron chi connectivity index (χ4n) is 1.13. The monoisotopic (exact) mass is 211 g/mol. The maximum Gasteiger partial charge on any atom is 0.251 e. The van der Waals surface area contributed by atoms with Crippen molar-refractivity contribution in [3.63, 3.8) is 0 Å². The molecule has 0 radical (unpaired) electrons. The third kappa shape index (κ3) is 2.74. The topological polar surface area (TPSA) is 29.1 Å². The van der Waals surface area contributed by atoms with Crippen LogP contribution in [0.15, 0.2) is 18.2 Å². The van der Waals surface area contributed by atoms with Crippen LogP contribution in [0.2, 0.25) is 5.02 Å². The van der Waals surface area contributed by atoms with Crippen molar-refractivity contribution in [2.75, 3.05) is 6.54 Å². The Balaban J connectivity index is 2.76. The van der Waals surface area contributed by atoms with E-state index < -0.39 is 0 Å². The van der Waals surface area contributed by atoms with E-state index >= 15 is 0 Å². The van der Waals surface area contributed by atoms with Gasteiger partial charge in [0.05, 0.1) is 0 Å². The standard InChI is InChI=1S/C11H14ClNO/c1-3-6-13-11(14)9-4-5-10(12)8(2)7-9/h4-5,7H,3,6H2,1-2H3,(H,13,14). The number of nitrogens with one attached hydrogen (secondary N) is 1. The minimum Gasteiger partial charge on any atom is -0.352 e. The molecule has 14 heavy (non-hydrogen) atoms. The molecule has 0 aliphatic rings. The molecule has 0 heterocycles.